The van der Waals surface area contributed by atoms with Crippen molar-refractivity contribution in [2.45, 2.75) is 38.3 Å². The van der Waals surface area contributed by atoms with Crippen LogP contribution in [0.15, 0.2) is 18.5 Å². The van der Waals surface area contributed by atoms with Crippen LogP contribution in [0.2, 0.25) is 0 Å². The molecule has 5 nitrogen and oxygen atoms in total. The van der Waals surface area contributed by atoms with Gasteiger partial charge in [0.25, 0.3) is 5.91 Å². The molecular formula is C15H22N4O. The van der Waals surface area contributed by atoms with Gasteiger partial charge in [0.2, 0.25) is 0 Å². The van der Waals surface area contributed by atoms with Crippen molar-refractivity contribution in [3.05, 3.63) is 24.0 Å². The largest absolute Gasteiger partial charge is 0.383 e. The molecule has 0 spiro atoms. The molecule has 2 N–H and O–H groups in total. The van der Waals surface area contributed by atoms with Crippen LogP contribution in [-0.4, -0.2) is 47.5 Å². The Balaban J connectivity index is 1.61. The number of amides is 1. The van der Waals surface area contributed by atoms with Crippen molar-refractivity contribution in [2.24, 2.45) is 0 Å². The van der Waals surface area contributed by atoms with Crippen LogP contribution >= 0.6 is 0 Å². The van der Waals surface area contributed by atoms with Crippen LogP contribution in [0.25, 0.3) is 0 Å². The first kappa shape index (κ1) is 13.4. The third kappa shape index (κ3) is 2.93. The number of carbonyl (C=O) groups excluding carboxylic acids is 1. The summed E-state index contributed by atoms with van der Waals surface area (Å²) in [6, 6.07) is 2.85. The van der Waals surface area contributed by atoms with Crippen LogP contribution in [0.1, 0.15) is 36.5 Å². The second-order valence-electron chi connectivity index (χ2n) is 5.64. The van der Waals surface area contributed by atoms with Crippen LogP contribution in [0, 0.1) is 0 Å². The molecule has 1 unspecified atom stereocenters. The number of nitrogens with one attached hydrogen (secondary N) is 2. The molecule has 3 rings (SSSR count). The molecule has 1 aliphatic carbocycles. The lowest BCUT2D eigenvalue weighted by Crippen LogP contribution is -2.37. The van der Waals surface area contributed by atoms with E-state index in [1.165, 1.54) is 12.8 Å². The van der Waals surface area contributed by atoms with Gasteiger partial charge < -0.3 is 10.6 Å². The lowest BCUT2D eigenvalue weighted by molar-refractivity contribution is 0.0938. The molecule has 1 saturated heterocycles. The summed E-state index contributed by atoms with van der Waals surface area (Å²) in [5, 5.41) is 6.34. The van der Waals surface area contributed by atoms with Gasteiger partial charge in [-0.3, -0.25) is 14.7 Å². The first-order chi connectivity index (χ1) is 9.78. The Morgan fingerprint density at radius 2 is 2.30 bits per heavy atom. The number of likely N-dealkylation sites (tertiary alicyclic amines) is 1. The third-order valence-electron chi connectivity index (χ3n) is 4.05. The van der Waals surface area contributed by atoms with E-state index in [9.17, 15) is 4.79 Å². The average molecular weight is 274 g/mol. The molecular weight excluding hydrogens is 252 g/mol. The SMILES string of the molecule is CCNc1cnccc1C(=O)NC1CCN(C2CC2)C1. The van der Waals surface area contributed by atoms with E-state index in [0.29, 0.717) is 5.56 Å². The van der Waals surface area contributed by atoms with Gasteiger partial charge >= 0.3 is 0 Å². The highest BCUT2D eigenvalue weighted by molar-refractivity contribution is 5.99. The van der Waals surface area contributed by atoms with Crippen molar-refractivity contribution in [3.8, 4) is 0 Å². The van der Waals surface area contributed by atoms with Gasteiger partial charge in [-0.15, -0.1) is 0 Å². The Hall–Kier alpha value is -1.62. The van der Waals surface area contributed by atoms with Gasteiger partial charge in [0, 0.05) is 37.9 Å². The summed E-state index contributed by atoms with van der Waals surface area (Å²) in [7, 11) is 0. The average Bonchev–Trinajstić information content (AvgIpc) is 3.20. The predicted octanol–water partition coefficient (Wildman–Crippen LogP) is 1.48. The number of rotatable bonds is 5. The standard InChI is InChI=1S/C15H22N4O/c1-2-17-14-9-16-7-5-13(14)15(20)18-11-6-8-19(10-11)12-3-4-12/h5,7,9,11-12,17H,2-4,6,8,10H2,1H3,(H,18,20). The zero-order chi connectivity index (χ0) is 13.9. The van der Waals surface area contributed by atoms with Crippen molar-refractivity contribution < 1.29 is 4.79 Å². The first-order valence-electron chi connectivity index (χ1n) is 7.50. The Bertz CT molecular complexity index is 487. The second-order valence-corrected chi connectivity index (χ2v) is 5.64. The summed E-state index contributed by atoms with van der Waals surface area (Å²) in [6.45, 7) is 4.91. The van der Waals surface area contributed by atoms with E-state index in [2.05, 4.69) is 20.5 Å². The molecule has 5 heteroatoms. The summed E-state index contributed by atoms with van der Waals surface area (Å²) in [4.78, 5) is 19.0. The van der Waals surface area contributed by atoms with Crippen LogP contribution in [0.4, 0.5) is 5.69 Å². The van der Waals surface area contributed by atoms with Gasteiger partial charge in [-0.2, -0.15) is 0 Å². The van der Waals surface area contributed by atoms with Gasteiger partial charge in [0.15, 0.2) is 0 Å². The maximum Gasteiger partial charge on any atom is 0.253 e. The molecule has 2 aliphatic rings. The summed E-state index contributed by atoms with van der Waals surface area (Å²) >= 11 is 0. The smallest absolute Gasteiger partial charge is 0.253 e. The number of carbonyl (C=O) groups is 1. The second kappa shape index (κ2) is 5.79. The summed E-state index contributed by atoms with van der Waals surface area (Å²) < 4.78 is 0. The van der Waals surface area contributed by atoms with E-state index in [1.807, 2.05) is 6.92 Å². The molecule has 1 aromatic rings. The van der Waals surface area contributed by atoms with E-state index in [4.69, 9.17) is 0 Å². The van der Waals surface area contributed by atoms with Gasteiger partial charge in [0.1, 0.15) is 0 Å². The number of aromatic nitrogens is 1. The highest BCUT2D eigenvalue weighted by Gasteiger charge is 2.34. The third-order valence-corrected chi connectivity index (χ3v) is 4.05. The van der Waals surface area contributed by atoms with Crippen LogP contribution in [0.3, 0.4) is 0 Å². The van der Waals surface area contributed by atoms with Gasteiger partial charge in [0.05, 0.1) is 17.4 Å². The normalized spacial score (nSPS) is 22.8. The highest BCUT2D eigenvalue weighted by atomic mass is 16.1. The molecule has 2 fully saturated rings. The molecule has 0 radical (unpaired) electrons. The Labute approximate surface area is 119 Å². The molecule has 0 aromatic carbocycles. The van der Waals surface area contributed by atoms with E-state index >= 15 is 0 Å². The molecule has 1 aliphatic heterocycles. The molecule has 2 heterocycles. The maximum absolute atomic E-state index is 12.4. The molecule has 108 valence electrons. The monoisotopic (exact) mass is 274 g/mol. The molecule has 1 atom stereocenters. The van der Waals surface area contributed by atoms with E-state index < -0.39 is 0 Å². The van der Waals surface area contributed by atoms with Gasteiger partial charge in [-0.25, -0.2) is 0 Å². The Morgan fingerprint density at radius 3 is 3.05 bits per heavy atom. The predicted molar refractivity (Wildman–Crippen MR) is 78.9 cm³/mol. The minimum atomic E-state index is 0.00555. The van der Waals surface area contributed by atoms with Crippen LogP contribution < -0.4 is 10.6 Å². The number of pyridine rings is 1. The highest BCUT2D eigenvalue weighted by Crippen LogP contribution is 2.29. The Kier molecular flexibility index (Phi) is 3.87. The summed E-state index contributed by atoms with van der Waals surface area (Å²) in [6.07, 6.45) is 7.10. The zero-order valence-corrected chi connectivity index (χ0v) is 11.9. The topological polar surface area (TPSA) is 57.3 Å². The van der Waals surface area contributed by atoms with Crippen LogP contribution in [0.5, 0.6) is 0 Å². The fourth-order valence-corrected chi connectivity index (χ4v) is 2.86. The van der Waals surface area contributed by atoms with E-state index in [1.54, 1.807) is 18.5 Å². The van der Waals surface area contributed by atoms with Crippen LogP contribution in [-0.2, 0) is 0 Å². The van der Waals surface area contributed by atoms with Crippen molar-refractivity contribution >= 4 is 11.6 Å². The van der Waals surface area contributed by atoms with Crippen molar-refractivity contribution in [1.29, 1.82) is 0 Å². The Morgan fingerprint density at radius 1 is 1.45 bits per heavy atom. The van der Waals surface area contributed by atoms with Crippen molar-refractivity contribution in [2.75, 3.05) is 25.0 Å². The van der Waals surface area contributed by atoms with Gasteiger partial charge in [-0.1, -0.05) is 0 Å². The lowest BCUT2D eigenvalue weighted by atomic mass is 10.2. The fourth-order valence-electron chi connectivity index (χ4n) is 2.86. The minimum absolute atomic E-state index is 0.00555. The minimum Gasteiger partial charge on any atom is -0.383 e. The number of anilines is 1. The summed E-state index contributed by atoms with van der Waals surface area (Å²) in [5.41, 5.74) is 1.50. The number of nitrogens with zero attached hydrogens (tertiary/aromatic N) is 2. The number of hydrogen-bond donors (Lipinski definition) is 2. The molecule has 1 saturated carbocycles. The van der Waals surface area contributed by atoms with Gasteiger partial charge in [-0.05, 0) is 32.3 Å². The first-order valence-corrected chi connectivity index (χ1v) is 7.50. The molecule has 1 amide bonds. The molecule has 0 bridgehead atoms. The van der Waals surface area contributed by atoms with Crippen molar-refractivity contribution in [3.63, 3.8) is 0 Å². The number of hydrogen-bond acceptors (Lipinski definition) is 4. The maximum atomic E-state index is 12.4. The molecule has 1 aromatic heterocycles. The fraction of sp³-hybridized carbons (Fsp3) is 0.600. The van der Waals surface area contributed by atoms with Crippen molar-refractivity contribution in [1.82, 2.24) is 15.2 Å². The quantitative estimate of drug-likeness (QED) is 0.854. The summed E-state index contributed by atoms with van der Waals surface area (Å²) in [5.74, 6) is 0.00555. The molecule has 20 heavy (non-hydrogen) atoms. The zero-order valence-electron chi connectivity index (χ0n) is 11.9. The lowest BCUT2D eigenvalue weighted by Gasteiger charge is -2.16. The van der Waals surface area contributed by atoms with E-state index in [-0.39, 0.29) is 11.9 Å². The van der Waals surface area contributed by atoms with E-state index in [0.717, 1.165) is 37.8 Å².